The number of carbonyl (C=O) groups excluding carboxylic acids is 2. The van der Waals surface area contributed by atoms with Gasteiger partial charge in [0.1, 0.15) is 12.6 Å². The van der Waals surface area contributed by atoms with Gasteiger partial charge in [-0.3, -0.25) is 14.4 Å². The Labute approximate surface area is 118 Å². The van der Waals surface area contributed by atoms with Crippen LogP contribution in [0.4, 0.5) is 0 Å². The SMILES string of the molecule is CC(C)C[C@H](N)C(=O)N1CCC[C@H]1C(=O)NCC(=O)O. The maximum absolute atomic E-state index is 12.2. The summed E-state index contributed by atoms with van der Waals surface area (Å²) in [7, 11) is 0. The minimum absolute atomic E-state index is 0.230. The maximum Gasteiger partial charge on any atom is 0.322 e. The van der Waals surface area contributed by atoms with Gasteiger partial charge < -0.3 is 21.1 Å². The van der Waals surface area contributed by atoms with Gasteiger partial charge in [-0.05, 0) is 25.2 Å². The van der Waals surface area contributed by atoms with Crippen molar-refractivity contribution in [3.8, 4) is 0 Å². The molecule has 4 N–H and O–H groups in total. The molecule has 0 aliphatic carbocycles. The Hall–Kier alpha value is -1.63. The van der Waals surface area contributed by atoms with Gasteiger partial charge in [-0.15, -0.1) is 0 Å². The van der Waals surface area contributed by atoms with Gasteiger partial charge in [-0.25, -0.2) is 0 Å². The predicted octanol–water partition coefficient (Wildman–Crippen LogP) is -0.448. The van der Waals surface area contributed by atoms with Crippen LogP contribution >= 0.6 is 0 Å². The molecule has 0 bridgehead atoms. The molecule has 114 valence electrons. The molecule has 7 heteroatoms. The van der Waals surface area contributed by atoms with E-state index in [2.05, 4.69) is 5.32 Å². The molecule has 1 fully saturated rings. The molecule has 1 aliphatic heterocycles. The summed E-state index contributed by atoms with van der Waals surface area (Å²) in [5.41, 5.74) is 5.87. The summed E-state index contributed by atoms with van der Waals surface area (Å²) in [6, 6.07) is -1.21. The third-order valence-corrected chi connectivity index (χ3v) is 3.29. The molecule has 20 heavy (non-hydrogen) atoms. The molecule has 0 spiro atoms. The van der Waals surface area contributed by atoms with Crippen molar-refractivity contribution < 1.29 is 19.5 Å². The Morgan fingerprint density at radius 2 is 2.05 bits per heavy atom. The maximum atomic E-state index is 12.2. The zero-order valence-electron chi connectivity index (χ0n) is 12.0. The Morgan fingerprint density at radius 3 is 2.60 bits per heavy atom. The van der Waals surface area contributed by atoms with E-state index in [9.17, 15) is 14.4 Å². The minimum Gasteiger partial charge on any atom is -0.480 e. The van der Waals surface area contributed by atoms with Crippen molar-refractivity contribution in [2.45, 2.75) is 45.2 Å². The van der Waals surface area contributed by atoms with E-state index in [1.165, 1.54) is 4.90 Å². The summed E-state index contributed by atoms with van der Waals surface area (Å²) in [4.78, 5) is 36.1. The van der Waals surface area contributed by atoms with Crippen molar-refractivity contribution in [1.29, 1.82) is 0 Å². The number of nitrogens with two attached hydrogens (primary N) is 1. The summed E-state index contributed by atoms with van der Waals surface area (Å²) in [6.45, 7) is 4.02. The molecule has 0 saturated carbocycles. The number of carbonyl (C=O) groups is 3. The van der Waals surface area contributed by atoms with E-state index in [-0.39, 0.29) is 5.91 Å². The number of nitrogens with one attached hydrogen (secondary N) is 1. The smallest absolute Gasteiger partial charge is 0.322 e. The average Bonchev–Trinajstić information content (AvgIpc) is 2.83. The van der Waals surface area contributed by atoms with Gasteiger partial charge in [0.15, 0.2) is 0 Å². The molecule has 1 rings (SSSR count). The van der Waals surface area contributed by atoms with Gasteiger partial charge in [0.2, 0.25) is 11.8 Å². The number of hydrogen-bond donors (Lipinski definition) is 3. The average molecular weight is 285 g/mol. The van der Waals surface area contributed by atoms with Crippen LogP contribution in [0.3, 0.4) is 0 Å². The van der Waals surface area contributed by atoms with Gasteiger partial charge >= 0.3 is 5.97 Å². The summed E-state index contributed by atoms with van der Waals surface area (Å²) < 4.78 is 0. The summed E-state index contributed by atoms with van der Waals surface area (Å²) >= 11 is 0. The molecule has 2 atom stereocenters. The highest BCUT2D eigenvalue weighted by atomic mass is 16.4. The molecule has 2 amide bonds. The molecular weight excluding hydrogens is 262 g/mol. The van der Waals surface area contributed by atoms with E-state index in [1.807, 2.05) is 13.8 Å². The monoisotopic (exact) mass is 285 g/mol. The fourth-order valence-corrected chi connectivity index (χ4v) is 2.41. The first kappa shape index (κ1) is 16.4. The number of rotatable bonds is 6. The highest BCUT2D eigenvalue weighted by Gasteiger charge is 2.36. The van der Waals surface area contributed by atoms with Gasteiger partial charge in [0.05, 0.1) is 6.04 Å². The third kappa shape index (κ3) is 4.48. The van der Waals surface area contributed by atoms with Crippen molar-refractivity contribution in [2.24, 2.45) is 11.7 Å². The second-order valence-electron chi connectivity index (χ2n) is 5.54. The van der Waals surface area contributed by atoms with Crippen molar-refractivity contribution >= 4 is 17.8 Å². The lowest BCUT2D eigenvalue weighted by atomic mass is 10.0. The molecular formula is C13H23N3O4. The predicted molar refractivity (Wildman–Crippen MR) is 72.8 cm³/mol. The van der Waals surface area contributed by atoms with E-state index in [4.69, 9.17) is 10.8 Å². The first-order valence-electron chi connectivity index (χ1n) is 6.88. The second-order valence-corrected chi connectivity index (χ2v) is 5.54. The van der Waals surface area contributed by atoms with Crippen LogP contribution in [0, 0.1) is 5.92 Å². The van der Waals surface area contributed by atoms with Crippen LogP contribution in [0.5, 0.6) is 0 Å². The second kappa shape index (κ2) is 7.23. The molecule has 1 saturated heterocycles. The highest BCUT2D eigenvalue weighted by molar-refractivity contribution is 5.91. The zero-order chi connectivity index (χ0) is 15.3. The van der Waals surface area contributed by atoms with E-state index < -0.39 is 30.5 Å². The number of carboxylic acids is 1. The molecule has 0 aromatic heterocycles. The molecule has 0 unspecified atom stereocenters. The number of amides is 2. The first-order valence-corrected chi connectivity index (χ1v) is 6.88. The van der Waals surface area contributed by atoms with Crippen LogP contribution in [0.25, 0.3) is 0 Å². The van der Waals surface area contributed by atoms with Crippen LogP contribution in [-0.2, 0) is 14.4 Å². The number of nitrogens with zero attached hydrogens (tertiary/aromatic N) is 1. The van der Waals surface area contributed by atoms with Gasteiger partial charge in [0, 0.05) is 6.54 Å². The third-order valence-electron chi connectivity index (χ3n) is 3.29. The Morgan fingerprint density at radius 1 is 1.40 bits per heavy atom. The fourth-order valence-electron chi connectivity index (χ4n) is 2.41. The van der Waals surface area contributed by atoms with Crippen molar-refractivity contribution in [3.05, 3.63) is 0 Å². The lowest BCUT2D eigenvalue weighted by molar-refractivity contribution is -0.141. The minimum atomic E-state index is -1.11. The Kier molecular flexibility index (Phi) is 5.94. The normalized spacial score (nSPS) is 20.0. The molecule has 0 aromatic carbocycles. The quantitative estimate of drug-likeness (QED) is 0.612. The first-order chi connectivity index (χ1) is 9.32. The van der Waals surface area contributed by atoms with Crippen LogP contribution in [-0.4, -0.2) is 53.0 Å². The molecule has 1 heterocycles. The van der Waals surface area contributed by atoms with E-state index in [0.29, 0.717) is 25.3 Å². The number of aliphatic carboxylic acids is 1. The Bertz CT molecular complexity index is 384. The standard InChI is InChI=1S/C13H23N3O4/c1-8(2)6-9(14)13(20)16-5-3-4-10(16)12(19)15-7-11(17)18/h8-10H,3-7,14H2,1-2H3,(H,15,19)(H,17,18)/t9-,10-/m0/s1. The van der Waals surface area contributed by atoms with Crippen LogP contribution < -0.4 is 11.1 Å². The van der Waals surface area contributed by atoms with Crippen molar-refractivity contribution in [2.75, 3.05) is 13.1 Å². The van der Waals surface area contributed by atoms with Gasteiger partial charge in [-0.2, -0.15) is 0 Å². The van der Waals surface area contributed by atoms with E-state index in [0.717, 1.165) is 6.42 Å². The number of likely N-dealkylation sites (tertiary alicyclic amines) is 1. The molecule has 0 radical (unpaired) electrons. The van der Waals surface area contributed by atoms with Crippen molar-refractivity contribution in [3.63, 3.8) is 0 Å². The summed E-state index contributed by atoms with van der Waals surface area (Å²) in [5.74, 6) is -1.46. The van der Waals surface area contributed by atoms with E-state index in [1.54, 1.807) is 0 Å². The topological polar surface area (TPSA) is 113 Å². The molecule has 0 aromatic rings. The summed E-state index contributed by atoms with van der Waals surface area (Å²) in [5, 5.41) is 10.9. The van der Waals surface area contributed by atoms with Crippen LogP contribution in [0.2, 0.25) is 0 Å². The fraction of sp³-hybridized carbons (Fsp3) is 0.769. The van der Waals surface area contributed by atoms with E-state index >= 15 is 0 Å². The summed E-state index contributed by atoms with van der Waals surface area (Å²) in [6.07, 6.45) is 1.84. The van der Waals surface area contributed by atoms with Crippen LogP contribution in [0.1, 0.15) is 33.1 Å². The van der Waals surface area contributed by atoms with Crippen LogP contribution in [0.15, 0.2) is 0 Å². The lowest BCUT2D eigenvalue weighted by Crippen LogP contribution is -2.52. The largest absolute Gasteiger partial charge is 0.480 e. The number of hydrogen-bond acceptors (Lipinski definition) is 4. The van der Waals surface area contributed by atoms with Crippen molar-refractivity contribution in [1.82, 2.24) is 10.2 Å². The van der Waals surface area contributed by atoms with Gasteiger partial charge in [-0.1, -0.05) is 13.8 Å². The highest BCUT2D eigenvalue weighted by Crippen LogP contribution is 2.19. The lowest BCUT2D eigenvalue weighted by Gasteiger charge is -2.27. The Balaban J connectivity index is 2.62. The molecule has 1 aliphatic rings. The van der Waals surface area contributed by atoms with Gasteiger partial charge in [0.25, 0.3) is 0 Å². The number of carboxylic acid groups (broad SMARTS) is 1. The molecule has 7 nitrogen and oxygen atoms in total. The zero-order valence-corrected chi connectivity index (χ0v) is 12.0.